The van der Waals surface area contributed by atoms with Crippen LogP contribution in [0.2, 0.25) is 0 Å². The highest BCUT2D eigenvalue weighted by Crippen LogP contribution is 2.36. The van der Waals surface area contributed by atoms with Crippen molar-refractivity contribution in [2.75, 3.05) is 6.26 Å². The van der Waals surface area contributed by atoms with Crippen LogP contribution < -0.4 is 0 Å². The first-order valence-electron chi connectivity index (χ1n) is 6.62. The van der Waals surface area contributed by atoms with E-state index in [-0.39, 0.29) is 23.6 Å². The summed E-state index contributed by atoms with van der Waals surface area (Å²) >= 11 is 5.13. The molecule has 0 aromatic heterocycles. The minimum absolute atomic E-state index is 0.00968. The Hall–Kier alpha value is -0.520. The first-order valence-corrected chi connectivity index (χ1v) is 9.03. The third-order valence-corrected chi connectivity index (χ3v) is 4.80. The summed E-state index contributed by atoms with van der Waals surface area (Å²) in [7, 11) is 0. The molecule has 1 unspecified atom stereocenters. The highest BCUT2D eigenvalue weighted by Gasteiger charge is 2.31. The van der Waals surface area contributed by atoms with Crippen LogP contribution in [0.25, 0.3) is 0 Å². The number of ether oxygens (including phenoxy) is 2. The molecule has 1 saturated heterocycles. The van der Waals surface area contributed by atoms with E-state index in [9.17, 15) is 4.79 Å². The van der Waals surface area contributed by atoms with Crippen LogP contribution in [0.5, 0.6) is 0 Å². The fourth-order valence-electron chi connectivity index (χ4n) is 2.42. The second-order valence-corrected chi connectivity index (χ2v) is 6.43. The summed E-state index contributed by atoms with van der Waals surface area (Å²) in [4.78, 5) is 11.2. The molecule has 1 heterocycles. The molecule has 2 rings (SSSR count). The molecule has 1 aliphatic heterocycles. The molecule has 3 nitrogen and oxygen atoms in total. The summed E-state index contributed by atoms with van der Waals surface area (Å²) in [5.74, 6) is -0.218. The Balaban J connectivity index is 2.14. The molecule has 1 aromatic rings. The lowest BCUT2D eigenvalue weighted by molar-refractivity contribution is -0.155. The molecule has 0 N–H and O–H groups in total. The monoisotopic (exact) mass is 358 g/mol. The summed E-state index contributed by atoms with van der Waals surface area (Å²) < 4.78 is 11.5. The van der Waals surface area contributed by atoms with Crippen molar-refractivity contribution in [1.29, 1.82) is 0 Å². The number of carbonyl (C=O) groups excluding carboxylic acids is 1. The van der Waals surface area contributed by atoms with Crippen molar-refractivity contribution in [2.45, 2.75) is 42.7 Å². The van der Waals surface area contributed by atoms with Gasteiger partial charge in [0.05, 0.1) is 6.10 Å². The zero-order valence-corrected chi connectivity index (χ0v) is 14.1. The van der Waals surface area contributed by atoms with Gasteiger partial charge in [0.25, 0.3) is 0 Å². The maximum absolute atomic E-state index is 11.2. The zero-order chi connectivity index (χ0) is 14.5. The van der Waals surface area contributed by atoms with Crippen LogP contribution in [0, 0.1) is 0 Å². The van der Waals surface area contributed by atoms with Crippen LogP contribution in [0.4, 0.5) is 0 Å². The lowest BCUT2D eigenvalue weighted by atomic mass is 9.98. The molecule has 5 heteroatoms. The SMILES string of the molecule is CS[C@@H]1CC(OC(C)=O)C[C@H](c2cccc(CBr)c2)O1. The average molecular weight is 359 g/mol. The van der Waals surface area contributed by atoms with Gasteiger partial charge in [0.1, 0.15) is 11.5 Å². The van der Waals surface area contributed by atoms with Gasteiger partial charge in [-0.2, -0.15) is 0 Å². The Labute approximate surface area is 132 Å². The van der Waals surface area contributed by atoms with E-state index in [1.807, 2.05) is 12.3 Å². The topological polar surface area (TPSA) is 35.5 Å². The summed E-state index contributed by atoms with van der Waals surface area (Å²) in [6, 6.07) is 8.34. The number of rotatable bonds is 4. The molecular formula is C15H19BrO3S. The molecule has 0 aliphatic carbocycles. The van der Waals surface area contributed by atoms with E-state index in [1.54, 1.807) is 11.8 Å². The number of carbonyl (C=O) groups is 1. The number of esters is 1. The van der Waals surface area contributed by atoms with Crippen molar-refractivity contribution in [3.63, 3.8) is 0 Å². The van der Waals surface area contributed by atoms with Gasteiger partial charge in [0.15, 0.2) is 0 Å². The first-order chi connectivity index (χ1) is 9.62. The Morgan fingerprint density at radius 3 is 2.95 bits per heavy atom. The van der Waals surface area contributed by atoms with Gasteiger partial charge < -0.3 is 9.47 Å². The quantitative estimate of drug-likeness (QED) is 0.600. The predicted octanol–water partition coefficient (Wildman–Crippen LogP) is 4.05. The van der Waals surface area contributed by atoms with Crippen molar-refractivity contribution in [3.8, 4) is 0 Å². The number of hydrogen-bond donors (Lipinski definition) is 0. The zero-order valence-electron chi connectivity index (χ0n) is 11.7. The smallest absolute Gasteiger partial charge is 0.302 e. The van der Waals surface area contributed by atoms with E-state index < -0.39 is 0 Å². The summed E-state index contributed by atoms with van der Waals surface area (Å²) in [5, 5.41) is 0.826. The minimum Gasteiger partial charge on any atom is -0.462 e. The Morgan fingerprint density at radius 1 is 1.50 bits per heavy atom. The van der Waals surface area contributed by atoms with Gasteiger partial charge in [0, 0.05) is 25.1 Å². The van der Waals surface area contributed by atoms with Crippen molar-refractivity contribution >= 4 is 33.7 Å². The van der Waals surface area contributed by atoms with Crippen LogP contribution in [0.15, 0.2) is 24.3 Å². The van der Waals surface area contributed by atoms with Gasteiger partial charge in [-0.05, 0) is 17.4 Å². The van der Waals surface area contributed by atoms with Gasteiger partial charge in [0.2, 0.25) is 0 Å². The molecule has 1 fully saturated rings. The highest BCUT2D eigenvalue weighted by molar-refractivity contribution is 9.08. The number of hydrogen-bond acceptors (Lipinski definition) is 4. The van der Waals surface area contributed by atoms with Crippen molar-refractivity contribution < 1.29 is 14.3 Å². The van der Waals surface area contributed by atoms with E-state index in [1.165, 1.54) is 12.5 Å². The molecule has 0 radical (unpaired) electrons. The Kier molecular flexibility index (Phi) is 5.93. The molecule has 0 amide bonds. The first kappa shape index (κ1) is 15.9. The summed E-state index contributed by atoms with van der Waals surface area (Å²) in [6.07, 6.45) is 3.44. The Morgan fingerprint density at radius 2 is 2.30 bits per heavy atom. The van der Waals surface area contributed by atoms with Gasteiger partial charge in [-0.25, -0.2) is 0 Å². The molecular weight excluding hydrogens is 340 g/mol. The van der Waals surface area contributed by atoms with E-state index in [4.69, 9.17) is 9.47 Å². The molecule has 1 aliphatic rings. The van der Waals surface area contributed by atoms with Crippen LogP contribution in [-0.4, -0.2) is 23.8 Å². The maximum Gasteiger partial charge on any atom is 0.302 e. The second kappa shape index (κ2) is 7.48. The second-order valence-electron chi connectivity index (χ2n) is 4.87. The molecule has 1 aromatic carbocycles. The van der Waals surface area contributed by atoms with E-state index in [0.29, 0.717) is 0 Å². The number of alkyl halides is 1. The Bertz CT molecular complexity index is 466. The molecule has 0 spiro atoms. The van der Waals surface area contributed by atoms with E-state index >= 15 is 0 Å². The van der Waals surface area contributed by atoms with Gasteiger partial charge in [-0.3, -0.25) is 4.79 Å². The fourth-order valence-corrected chi connectivity index (χ4v) is 3.42. The standard InChI is InChI=1S/C15H19BrO3S/c1-10(17)18-13-7-14(19-15(8-13)20-2)12-5-3-4-11(6-12)9-16/h3-6,13-15H,7-9H2,1-2H3/t13?,14-,15-/m1/s1. The van der Waals surface area contributed by atoms with Crippen LogP contribution in [-0.2, 0) is 19.6 Å². The lowest BCUT2D eigenvalue weighted by Gasteiger charge is -2.34. The molecule has 0 saturated carbocycles. The molecule has 0 bridgehead atoms. The normalized spacial score (nSPS) is 26.2. The van der Waals surface area contributed by atoms with Crippen molar-refractivity contribution in [1.82, 2.24) is 0 Å². The van der Waals surface area contributed by atoms with E-state index in [0.717, 1.165) is 23.7 Å². The minimum atomic E-state index is -0.218. The molecule has 20 heavy (non-hydrogen) atoms. The van der Waals surface area contributed by atoms with Gasteiger partial charge >= 0.3 is 5.97 Å². The molecule has 3 atom stereocenters. The number of benzene rings is 1. The van der Waals surface area contributed by atoms with E-state index in [2.05, 4.69) is 34.1 Å². The van der Waals surface area contributed by atoms with Crippen LogP contribution >= 0.6 is 27.7 Å². The fraction of sp³-hybridized carbons (Fsp3) is 0.533. The largest absolute Gasteiger partial charge is 0.462 e. The number of thioether (sulfide) groups is 1. The van der Waals surface area contributed by atoms with Gasteiger partial charge in [-0.1, -0.05) is 40.2 Å². The van der Waals surface area contributed by atoms with Crippen LogP contribution in [0.3, 0.4) is 0 Å². The third kappa shape index (κ3) is 4.24. The number of halogens is 1. The predicted molar refractivity (Wildman–Crippen MR) is 85.0 cm³/mol. The highest BCUT2D eigenvalue weighted by atomic mass is 79.9. The lowest BCUT2D eigenvalue weighted by Crippen LogP contribution is -2.32. The van der Waals surface area contributed by atoms with Crippen molar-refractivity contribution in [3.05, 3.63) is 35.4 Å². The summed E-state index contributed by atoms with van der Waals surface area (Å²) in [5.41, 5.74) is 2.45. The average Bonchev–Trinajstić information content (AvgIpc) is 2.46. The molecule has 110 valence electrons. The summed E-state index contributed by atoms with van der Waals surface area (Å²) in [6.45, 7) is 1.46. The van der Waals surface area contributed by atoms with Crippen molar-refractivity contribution in [2.24, 2.45) is 0 Å². The third-order valence-electron chi connectivity index (χ3n) is 3.32. The van der Waals surface area contributed by atoms with Gasteiger partial charge in [-0.15, -0.1) is 11.8 Å². The maximum atomic E-state index is 11.2. The van der Waals surface area contributed by atoms with Crippen LogP contribution in [0.1, 0.15) is 37.0 Å².